The van der Waals surface area contributed by atoms with E-state index in [2.05, 4.69) is 54.9 Å². The number of hydrogen-bond donors (Lipinski definition) is 2. The van der Waals surface area contributed by atoms with Gasteiger partial charge in [0.25, 0.3) is 5.91 Å². The van der Waals surface area contributed by atoms with E-state index < -0.39 is 5.60 Å². The van der Waals surface area contributed by atoms with E-state index in [1.807, 2.05) is 109 Å². The molecule has 0 radical (unpaired) electrons. The number of amides is 2. The van der Waals surface area contributed by atoms with Crippen molar-refractivity contribution in [2.75, 3.05) is 0 Å². The molecule has 10 nitrogen and oxygen atoms in total. The second kappa shape index (κ2) is 17.9. The van der Waals surface area contributed by atoms with Crippen molar-refractivity contribution >= 4 is 23.4 Å². The molecule has 7 rings (SSSR count). The van der Waals surface area contributed by atoms with Gasteiger partial charge in [-0.15, -0.1) is 5.10 Å². The Bertz CT molecular complexity index is 2330. The number of ether oxygens (including phenoxy) is 1. The molecule has 1 heterocycles. The number of hydroxylamine groups is 1. The van der Waals surface area contributed by atoms with Crippen LogP contribution in [0.4, 0.5) is 0 Å². The summed E-state index contributed by atoms with van der Waals surface area (Å²) in [4.78, 5) is 33.1. The lowest BCUT2D eigenvalue weighted by molar-refractivity contribution is -0.164. The van der Waals surface area contributed by atoms with Crippen molar-refractivity contribution < 1.29 is 19.2 Å². The first-order valence-electron chi connectivity index (χ1n) is 20.3. The molecule has 11 heteroatoms. The van der Waals surface area contributed by atoms with Crippen LogP contribution in [-0.4, -0.2) is 39.0 Å². The number of aryl methyl sites for hydroxylation is 1. The van der Waals surface area contributed by atoms with Crippen LogP contribution < -0.4 is 15.5 Å². The number of benzene rings is 5. The fourth-order valence-electron chi connectivity index (χ4n) is 8.76. The summed E-state index contributed by atoms with van der Waals surface area (Å²) in [6.07, 6.45) is 5.09. The number of nitriles is 1. The molecule has 0 aliphatic heterocycles. The zero-order valence-electron chi connectivity index (χ0n) is 34.3. The zero-order valence-corrected chi connectivity index (χ0v) is 35.0. The van der Waals surface area contributed by atoms with E-state index >= 15 is 0 Å². The van der Waals surface area contributed by atoms with Crippen LogP contribution in [0.1, 0.15) is 91.7 Å². The molecule has 0 saturated heterocycles. The maximum Gasteiger partial charge on any atom is 0.251 e. The standard InChI is InChI=1S/C49H49ClN6O4/c1-47(2)45(48(3,4)46(47)59-41-30-27-35(32-51)42(50)31-41)52-44(58)34-25-28-40(29-26-34)56-33-39(53-55-56)23-15-8-16-24-43(57)54-60-49(36-17-9-5-10-18-36,37-19-11-6-12-20-37)38-21-13-7-14-22-38/h5-7,9-14,17-22,25-31,33,45-46H,8,15-16,23-24H2,1-4H3,(H,52,58)(H,54,57). The first-order chi connectivity index (χ1) is 28.9. The van der Waals surface area contributed by atoms with E-state index in [4.69, 9.17) is 21.2 Å². The van der Waals surface area contributed by atoms with E-state index in [9.17, 15) is 14.9 Å². The third kappa shape index (κ3) is 8.69. The third-order valence-corrected chi connectivity index (χ3v) is 11.9. The molecule has 6 aromatic rings. The number of rotatable bonds is 16. The summed E-state index contributed by atoms with van der Waals surface area (Å²) in [5, 5.41) is 21.5. The van der Waals surface area contributed by atoms with E-state index in [1.54, 1.807) is 35.0 Å². The number of aromatic nitrogens is 3. The number of nitrogens with zero attached hydrogens (tertiary/aromatic N) is 4. The van der Waals surface area contributed by atoms with Crippen molar-refractivity contribution in [1.82, 2.24) is 25.8 Å². The highest BCUT2D eigenvalue weighted by atomic mass is 35.5. The summed E-state index contributed by atoms with van der Waals surface area (Å²) in [6, 6.07) is 44.1. The quantitative estimate of drug-likeness (QED) is 0.0565. The summed E-state index contributed by atoms with van der Waals surface area (Å²) >= 11 is 6.25. The summed E-state index contributed by atoms with van der Waals surface area (Å²) in [6.45, 7) is 8.30. The molecule has 0 bridgehead atoms. The van der Waals surface area contributed by atoms with Crippen LogP contribution in [0.2, 0.25) is 5.02 Å². The van der Waals surface area contributed by atoms with Gasteiger partial charge in [0.15, 0.2) is 5.60 Å². The monoisotopic (exact) mass is 820 g/mol. The van der Waals surface area contributed by atoms with Gasteiger partial charge in [0.05, 0.1) is 28.2 Å². The SMILES string of the molecule is CC1(C)C(NC(=O)c2ccc(-n3cc(CCCCCC(=O)NOC(c4ccccc4)(c4ccccc4)c4ccccc4)nn3)cc2)C(C)(C)C1Oc1ccc(C#N)c(Cl)c1. The van der Waals surface area contributed by atoms with Gasteiger partial charge in [-0.05, 0) is 72.4 Å². The molecule has 1 aliphatic carbocycles. The lowest BCUT2D eigenvalue weighted by Crippen LogP contribution is -2.74. The number of carbonyl (C=O) groups is 2. The number of halogens is 1. The predicted molar refractivity (Wildman–Crippen MR) is 231 cm³/mol. The Morgan fingerprint density at radius 1 is 0.800 bits per heavy atom. The van der Waals surface area contributed by atoms with Crippen LogP contribution >= 0.6 is 11.6 Å². The molecule has 306 valence electrons. The summed E-state index contributed by atoms with van der Waals surface area (Å²) in [7, 11) is 0. The summed E-state index contributed by atoms with van der Waals surface area (Å²) in [5.74, 6) is 0.228. The van der Waals surface area contributed by atoms with Crippen molar-refractivity contribution in [3.63, 3.8) is 0 Å². The van der Waals surface area contributed by atoms with E-state index in [0.29, 0.717) is 41.2 Å². The van der Waals surface area contributed by atoms with E-state index in [0.717, 1.165) is 40.9 Å². The van der Waals surface area contributed by atoms with Crippen LogP contribution in [0.5, 0.6) is 5.75 Å². The Hall–Kier alpha value is -6.28. The molecular formula is C49H49ClN6O4. The van der Waals surface area contributed by atoms with Gasteiger partial charge < -0.3 is 10.1 Å². The number of unbranched alkanes of at least 4 members (excludes halogenated alkanes) is 2. The van der Waals surface area contributed by atoms with Crippen molar-refractivity contribution in [3.05, 3.63) is 178 Å². The summed E-state index contributed by atoms with van der Waals surface area (Å²) < 4.78 is 8.07. The summed E-state index contributed by atoms with van der Waals surface area (Å²) in [5.41, 5.74) is 6.29. The van der Waals surface area contributed by atoms with Crippen LogP contribution in [-0.2, 0) is 21.7 Å². The molecule has 0 atom stereocenters. The number of hydrogen-bond acceptors (Lipinski definition) is 7. The van der Waals surface area contributed by atoms with Crippen LogP contribution in [0.3, 0.4) is 0 Å². The normalized spacial score (nSPS) is 16.5. The zero-order chi connectivity index (χ0) is 42.3. The Balaban J connectivity index is 0.885. The fraction of sp³-hybridized carbons (Fsp3) is 0.286. The van der Waals surface area contributed by atoms with Gasteiger partial charge in [-0.25, -0.2) is 10.2 Å². The Morgan fingerprint density at radius 3 is 1.93 bits per heavy atom. The van der Waals surface area contributed by atoms with E-state index in [1.165, 1.54) is 0 Å². The molecule has 0 unspecified atom stereocenters. The average Bonchev–Trinajstić information content (AvgIpc) is 3.75. The molecule has 5 aromatic carbocycles. The molecular weight excluding hydrogens is 772 g/mol. The first-order valence-corrected chi connectivity index (χ1v) is 20.6. The van der Waals surface area contributed by atoms with Gasteiger partial charge in [0, 0.05) is 34.9 Å². The largest absolute Gasteiger partial charge is 0.489 e. The van der Waals surface area contributed by atoms with Crippen LogP contribution in [0.15, 0.2) is 140 Å². The lowest BCUT2D eigenvalue weighted by atomic mass is 9.49. The molecule has 1 fully saturated rings. The lowest BCUT2D eigenvalue weighted by Gasteiger charge is -2.63. The number of nitrogens with one attached hydrogen (secondary N) is 2. The Kier molecular flexibility index (Phi) is 12.5. The van der Waals surface area contributed by atoms with Crippen molar-refractivity contribution in [1.29, 1.82) is 5.26 Å². The molecule has 0 spiro atoms. The highest BCUT2D eigenvalue weighted by molar-refractivity contribution is 6.31. The maximum absolute atomic E-state index is 13.5. The Labute approximate surface area is 356 Å². The van der Waals surface area contributed by atoms with Crippen LogP contribution in [0.25, 0.3) is 5.69 Å². The molecule has 1 saturated carbocycles. The fourth-order valence-corrected chi connectivity index (χ4v) is 8.98. The van der Waals surface area contributed by atoms with Gasteiger partial charge in [-0.3, -0.25) is 14.4 Å². The number of carbonyl (C=O) groups excluding carboxylic acids is 2. The highest BCUT2D eigenvalue weighted by Crippen LogP contribution is 2.55. The minimum Gasteiger partial charge on any atom is -0.489 e. The predicted octanol–water partition coefficient (Wildman–Crippen LogP) is 9.55. The van der Waals surface area contributed by atoms with Crippen molar-refractivity contribution in [2.24, 2.45) is 10.8 Å². The third-order valence-electron chi connectivity index (χ3n) is 11.6. The van der Waals surface area contributed by atoms with Crippen molar-refractivity contribution in [3.8, 4) is 17.5 Å². The second-order valence-corrected chi connectivity index (χ2v) is 16.9. The topological polar surface area (TPSA) is 131 Å². The molecule has 2 amide bonds. The highest BCUT2D eigenvalue weighted by Gasteiger charge is 2.64. The minimum absolute atomic E-state index is 0.157. The van der Waals surface area contributed by atoms with Gasteiger partial charge in [0.1, 0.15) is 17.9 Å². The first kappa shape index (κ1) is 41.9. The van der Waals surface area contributed by atoms with Crippen LogP contribution in [0, 0.1) is 22.2 Å². The second-order valence-electron chi connectivity index (χ2n) is 16.5. The Morgan fingerprint density at radius 2 is 1.38 bits per heavy atom. The minimum atomic E-state index is -1.03. The maximum atomic E-state index is 13.5. The molecule has 60 heavy (non-hydrogen) atoms. The molecule has 1 aromatic heterocycles. The molecule has 2 N–H and O–H groups in total. The van der Waals surface area contributed by atoms with Gasteiger partial charge >= 0.3 is 0 Å². The van der Waals surface area contributed by atoms with Crippen molar-refractivity contribution in [2.45, 2.75) is 77.5 Å². The average molecular weight is 821 g/mol. The smallest absolute Gasteiger partial charge is 0.251 e. The van der Waals surface area contributed by atoms with Gasteiger partial charge in [0.2, 0.25) is 5.91 Å². The molecule has 1 aliphatic rings. The van der Waals surface area contributed by atoms with Gasteiger partial charge in [-0.1, -0.05) is 142 Å². The van der Waals surface area contributed by atoms with Gasteiger partial charge in [-0.2, -0.15) is 5.26 Å². The van der Waals surface area contributed by atoms with E-state index in [-0.39, 0.29) is 34.8 Å².